The number of fused-ring (bicyclic) bond motifs is 2. The molecule has 3 heterocycles. The van der Waals surface area contributed by atoms with Crippen molar-refractivity contribution in [1.82, 2.24) is 15.6 Å². The van der Waals surface area contributed by atoms with E-state index in [1.54, 1.807) is 0 Å². The van der Waals surface area contributed by atoms with Crippen molar-refractivity contribution < 1.29 is 14.4 Å². The highest BCUT2D eigenvalue weighted by molar-refractivity contribution is 8.03. The smallest absolute Gasteiger partial charge is 0.239 e. The van der Waals surface area contributed by atoms with E-state index in [1.807, 2.05) is 72.0 Å². The lowest BCUT2D eigenvalue weighted by Gasteiger charge is -2.27. The van der Waals surface area contributed by atoms with Crippen molar-refractivity contribution in [2.45, 2.75) is 75.4 Å². The number of ketones is 2. The fraction of sp³-hybridized carbons (Fsp3) is 0.412. The molecule has 0 bridgehead atoms. The average Bonchev–Trinajstić information content (AvgIpc) is 3.69. The van der Waals surface area contributed by atoms with Gasteiger partial charge in [0.05, 0.1) is 18.1 Å². The van der Waals surface area contributed by atoms with Crippen LogP contribution in [0.3, 0.4) is 0 Å². The number of Topliss-reactive ketones (excluding diaryl/α,β-unsaturated/α-hetero) is 2. The summed E-state index contributed by atoms with van der Waals surface area (Å²) in [5.41, 5.74) is 4.87. The van der Waals surface area contributed by atoms with Crippen LogP contribution in [0, 0.1) is 0 Å². The second-order valence-corrected chi connectivity index (χ2v) is 12.8. The van der Waals surface area contributed by atoms with Gasteiger partial charge < -0.3 is 20.9 Å². The maximum Gasteiger partial charge on any atom is 0.239 e. The first kappa shape index (κ1) is 29.5. The number of amides is 1. The number of hydrogen-bond acceptors (Lipinski definition) is 8. The number of anilines is 2. The summed E-state index contributed by atoms with van der Waals surface area (Å²) in [5.74, 6) is -0.752. The van der Waals surface area contributed by atoms with Crippen molar-refractivity contribution in [3.8, 4) is 0 Å². The van der Waals surface area contributed by atoms with Gasteiger partial charge in [0, 0.05) is 48.1 Å². The van der Waals surface area contributed by atoms with Gasteiger partial charge in [0.1, 0.15) is 5.25 Å². The fourth-order valence-electron chi connectivity index (χ4n) is 6.46. The molecule has 1 aliphatic carbocycles. The SMILES string of the molecule is CC(C(=O)C(=O)CNC1CCCCC1)N1CCc2cc(NC(=O)[C@H]3SC=CC3NCc3ccnc4ccccc34)ccc21. The van der Waals surface area contributed by atoms with Crippen molar-refractivity contribution >= 4 is 51.5 Å². The number of carbonyl (C=O) groups is 3. The summed E-state index contributed by atoms with van der Waals surface area (Å²) in [4.78, 5) is 45.5. The second-order valence-electron chi connectivity index (χ2n) is 11.7. The molecule has 0 radical (unpaired) electrons. The molecule has 1 saturated carbocycles. The zero-order valence-corrected chi connectivity index (χ0v) is 25.4. The molecule has 1 amide bonds. The molecule has 3 atom stereocenters. The number of hydrogen-bond donors (Lipinski definition) is 3. The molecule has 0 spiro atoms. The van der Waals surface area contributed by atoms with Crippen molar-refractivity contribution in [2.24, 2.45) is 0 Å². The monoisotopic (exact) mass is 597 g/mol. The number of thioether (sulfide) groups is 1. The summed E-state index contributed by atoms with van der Waals surface area (Å²) in [6.07, 6.45) is 10.4. The number of rotatable bonds is 11. The average molecular weight is 598 g/mol. The van der Waals surface area contributed by atoms with Crippen molar-refractivity contribution in [3.05, 3.63) is 77.3 Å². The van der Waals surface area contributed by atoms with Crippen LogP contribution in [0.15, 0.2) is 66.2 Å². The Morgan fingerprint density at radius 1 is 1.05 bits per heavy atom. The summed E-state index contributed by atoms with van der Waals surface area (Å²) in [7, 11) is 0. The number of nitrogens with one attached hydrogen (secondary N) is 3. The van der Waals surface area contributed by atoms with Crippen LogP contribution in [-0.2, 0) is 27.3 Å². The minimum absolute atomic E-state index is 0.0542. The number of pyridine rings is 1. The summed E-state index contributed by atoms with van der Waals surface area (Å²) in [6.45, 7) is 3.23. The summed E-state index contributed by atoms with van der Waals surface area (Å²) in [6, 6.07) is 15.6. The van der Waals surface area contributed by atoms with Gasteiger partial charge >= 0.3 is 0 Å². The molecule has 3 N–H and O–H groups in total. The van der Waals surface area contributed by atoms with E-state index < -0.39 is 6.04 Å². The van der Waals surface area contributed by atoms with Gasteiger partial charge in [-0.05, 0) is 73.1 Å². The van der Waals surface area contributed by atoms with Crippen molar-refractivity contribution in [2.75, 3.05) is 23.3 Å². The van der Waals surface area contributed by atoms with E-state index in [-0.39, 0.29) is 35.3 Å². The van der Waals surface area contributed by atoms with E-state index in [2.05, 4.69) is 27.0 Å². The van der Waals surface area contributed by atoms with Crippen LogP contribution in [0.4, 0.5) is 11.4 Å². The van der Waals surface area contributed by atoms with E-state index in [1.165, 1.54) is 31.0 Å². The third-order valence-corrected chi connectivity index (χ3v) is 10.0. The zero-order valence-electron chi connectivity index (χ0n) is 24.6. The number of benzene rings is 2. The van der Waals surface area contributed by atoms with E-state index in [0.717, 1.165) is 52.7 Å². The number of para-hydroxylation sites is 1. The fourth-order valence-corrected chi connectivity index (χ4v) is 7.43. The first-order valence-corrected chi connectivity index (χ1v) is 16.3. The lowest BCUT2D eigenvalue weighted by Crippen LogP contribution is -2.45. The van der Waals surface area contributed by atoms with Gasteiger partial charge in [-0.3, -0.25) is 19.4 Å². The van der Waals surface area contributed by atoms with Crippen LogP contribution in [0.1, 0.15) is 50.2 Å². The predicted octanol–water partition coefficient (Wildman–Crippen LogP) is 4.77. The highest BCUT2D eigenvalue weighted by Gasteiger charge is 2.33. The molecular formula is C34H39N5O3S. The quantitative estimate of drug-likeness (QED) is 0.272. The van der Waals surface area contributed by atoms with Gasteiger partial charge in [0.2, 0.25) is 17.5 Å². The third kappa shape index (κ3) is 6.69. The molecule has 1 aromatic heterocycles. The van der Waals surface area contributed by atoms with Crippen LogP contribution in [0.5, 0.6) is 0 Å². The first-order chi connectivity index (χ1) is 21.0. The first-order valence-electron chi connectivity index (χ1n) is 15.4. The van der Waals surface area contributed by atoms with Gasteiger partial charge in [-0.1, -0.05) is 43.5 Å². The molecule has 2 unspecified atom stereocenters. The molecule has 9 heteroatoms. The summed E-state index contributed by atoms with van der Waals surface area (Å²) >= 11 is 1.51. The van der Waals surface area contributed by atoms with Crippen LogP contribution in [-0.4, -0.2) is 58.9 Å². The van der Waals surface area contributed by atoms with E-state index >= 15 is 0 Å². The Kier molecular flexibility index (Phi) is 9.21. The zero-order chi connectivity index (χ0) is 29.8. The van der Waals surface area contributed by atoms with Gasteiger partial charge in [0.25, 0.3) is 0 Å². The molecule has 0 saturated heterocycles. The van der Waals surface area contributed by atoms with Gasteiger partial charge in [-0.2, -0.15) is 0 Å². The Balaban J connectivity index is 1.04. The molecule has 2 aliphatic heterocycles. The second kappa shape index (κ2) is 13.4. The highest BCUT2D eigenvalue weighted by Crippen LogP contribution is 2.33. The molecule has 2 aromatic carbocycles. The molecule has 1 fully saturated rings. The van der Waals surface area contributed by atoms with Gasteiger partial charge in [-0.25, -0.2) is 0 Å². The largest absolute Gasteiger partial charge is 0.361 e. The third-order valence-electron chi connectivity index (χ3n) is 8.92. The Labute approximate surface area is 257 Å². The molecule has 8 nitrogen and oxygen atoms in total. The van der Waals surface area contributed by atoms with Crippen molar-refractivity contribution in [3.63, 3.8) is 0 Å². The lowest BCUT2D eigenvalue weighted by molar-refractivity contribution is -0.136. The highest BCUT2D eigenvalue weighted by atomic mass is 32.2. The molecule has 43 heavy (non-hydrogen) atoms. The molecule has 6 rings (SSSR count). The molecule has 3 aromatic rings. The number of aromatic nitrogens is 1. The van der Waals surface area contributed by atoms with Crippen LogP contribution < -0.4 is 20.9 Å². The Morgan fingerprint density at radius 3 is 2.74 bits per heavy atom. The number of nitrogens with zero attached hydrogens (tertiary/aromatic N) is 2. The lowest BCUT2D eigenvalue weighted by atomic mass is 9.95. The van der Waals surface area contributed by atoms with Gasteiger partial charge in [0.15, 0.2) is 0 Å². The summed E-state index contributed by atoms with van der Waals surface area (Å²) in [5, 5.41) is 12.8. The van der Waals surface area contributed by atoms with E-state index in [9.17, 15) is 14.4 Å². The van der Waals surface area contributed by atoms with E-state index in [0.29, 0.717) is 19.1 Å². The summed E-state index contributed by atoms with van der Waals surface area (Å²) < 4.78 is 0. The molecule has 224 valence electrons. The Bertz CT molecular complexity index is 1530. The van der Waals surface area contributed by atoms with Crippen molar-refractivity contribution in [1.29, 1.82) is 0 Å². The molecule has 3 aliphatic rings. The molecular weight excluding hydrogens is 558 g/mol. The van der Waals surface area contributed by atoms with E-state index in [4.69, 9.17) is 0 Å². The Hall–Kier alpha value is -3.53. The topological polar surface area (TPSA) is 103 Å². The minimum atomic E-state index is -0.521. The maximum absolute atomic E-state index is 13.3. The van der Waals surface area contributed by atoms with Crippen LogP contribution >= 0.6 is 11.8 Å². The van der Waals surface area contributed by atoms with Crippen LogP contribution in [0.25, 0.3) is 10.9 Å². The number of carbonyl (C=O) groups excluding carboxylic acids is 3. The van der Waals surface area contributed by atoms with Gasteiger partial charge in [-0.15, -0.1) is 11.8 Å². The minimum Gasteiger partial charge on any atom is -0.361 e. The standard InChI is InChI=1S/C34H39N5O3S/c1-22(32(41)31(40)21-36-25-7-3-2-4-8-25)39-17-14-23-19-26(11-12-30(23)39)38-34(42)33-29(15-18-43-33)37-20-24-13-16-35-28-10-6-5-9-27(24)28/h5-6,9-13,15-16,18-19,22,25,29,33,36-37H,2-4,7-8,14,17,20-21H2,1H3,(H,38,42)/t22?,29?,33-/m0/s1. The normalized spacial score (nSPS) is 20.7. The Morgan fingerprint density at radius 2 is 1.88 bits per heavy atom. The predicted molar refractivity (Wildman–Crippen MR) is 173 cm³/mol. The van der Waals surface area contributed by atoms with Crippen LogP contribution in [0.2, 0.25) is 0 Å². The maximum atomic E-state index is 13.3.